The van der Waals surface area contributed by atoms with E-state index in [-0.39, 0.29) is 10.8 Å². The van der Waals surface area contributed by atoms with Crippen LogP contribution in [-0.2, 0) is 6.18 Å². The molecule has 0 aliphatic heterocycles. The van der Waals surface area contributed by atoms with E-state index in [0.717, 1.165) is 10.6 Å². The molecule has 2 aromatic heterocycles. The second kappa shape index (κ2) is 3.10. The third-order valence-electron chi connectivity index (χ3n) is 1.90. The van der Waals surface area contributed by atoms with Gasteiger partial charge in [0.2, 0.25) is 0 Å². The molecule has 0 bridgehead atoms. The van der Waals surface area contributed by atoms with Crippen LogP contribution in [0.3, 0.4) is 0 Å². The molecule has 0 radical (unpaired) electrons. The van der Waals surface area contributed by atoms with Crippen LogP contribution in [0.1, 0.15) is 11.3 Å². The van der Waals surface area contributed by atoms with Crippen LogP contribution in [0.2, 0.25) is 5.15 Å². The second-order valence-electron chi connectivity index (χ2n) is 3.02. The number of fused-ring (bicyclic) bond motifs is 1. The highest BCUT2D eigenvalue weighted by molar-refractivity contribution is 6.29. The van der Waals surface area contributed by atoms with Gasteiger partial charge >= 0.3 is 6.18 Å². The van der Waals surface area contributed by atoms with Crippen LogP contribution in [0.4, 0.5) is 13.2 Å². The maximum Gasteiger partial charge on any atom is 0.433 e. The quantitative estimate of drug-likeness (QED) is 0.657. The first kappa shape index (κ1) is 10.2. The molecule has 3 nitrogen and oxygen atoms in total. The zero-order chi connectivity index (χ0) is 11.2. The van der Waals surface area contributed by atoms with Crippen molar-refractivity contribution in [2.75, 3.05) is 0 Å². The van der Waals surface area contributed by atoms with Crippen molar-refractivity contribution in [3.05, 3.63) is 28.7 Å². The Morgan fingerprint density at radius 1 is 1.40 bits per heavy atom. The standard InChI is InChI=1S/C8H5ClF3N3/c1-4-3-13-15-6(9)2-5(8(10,11)12)14-7(4)15/h2-3H,1H3. The van der Waals surface area contributed by atoms with Crippen molar-refractivity contribution in [3.8, 4) is 0 Å². The van der Waals surface area contributed by atoms with Gasteiger partial charge in [0.05, 0.1) is 6.20 Å². The Kier molecular flexibility index (Phi) is 2.11. The van der Waals surface area contributed by atoms with E-state index in [0.29, 0.717) is 5.56 Å². The molecule has 0 saturated carbocycles. The predicted molar refractivity (Wildman–Crippen MR) is 47.7 cm³/mol. The van der Waals surface area contributed by atoms with Crippen LogP contribution in [0.15, 0.2) is 12.3 Å². The summed E-state index contributed by atoms with van der Waals surface area (Å²) in [5, 5.41) is 3.69. The molecule has 15 heavy (non-hydrogen) atoms. The van der Waals surface area contributed by atoms with Crippen molar-refractivity contribution in [1.29, 1.82) is 0 Å². The number of alkyl halides is 3. The molecule has 0 spiro atoms. The number of rotatable bonds is 0. The monoisotopic (exact) mass is 235 g/mol. The fraction of sp³-hybridized carbons (Fsp3) is 0.250. The van der Waals surface area contributed by atoms with Crippen molar-refractivity contribution in [3.63, 3.8) is 0 Å². The fourth-order valence-corrected chi connectivity index (χ4v) is 1.41. The van der Waals surface area contributed by atoms with Gasteiger partial charge in [-0.3, -0.25) is 0 Å². The van der Waals surface area contributed by atoms with E-state index in [1.807, 2.05) is 0 Å². The van der Waals surface area contributed by atoms with Crippen molar-refractivity contribution < 1.29 is 13.2 Å². The van der Waals surface area contributed by atoms with Gasteiger partial charge in [0.1, 0.15) is 10.8 Å². The molecule has 0 aromatic carbocycles. The minimum atomic E-state index is -4.50. The minimum Gasteiger partial charge on any atom is -0.224 e. The topological polar surface area (TPSA) is 30.2 Å². The number of nitrogens with zero attached hydrogens (tertiary/aromatic N) is 3. The number of aromatic nitrogens is 3. The van der Waals surface area contributed by atoms with E-state index in [1.54, 1.807) is 6.92 Å². The highest BCUT2D eigenvalue weighted by Crippen LogP contribution is 2.30. The molecule has 0 aliphatic carbocycles. The Morgan fingerprint density at radius 2 is 2.07 bits per heavy atom. The molecule has 0 fully saturated rings. The lowest BCUT2D eigenvalue weighted by Gasteiger charge is -2.06. The maximum absolute atomic E-state index is 12.4. The summed E-state index contributed by atoms with van der Waals surface area (Å²) < 4.78 is 38.3. The summed E-state index contributed by atoms with van der Waals surface area (Å²) in [4.78, 5) is 3.46. The van der Waals surface area contributed by atoms with E-state index in [1.165, 1.54) is 6.20 Å². The smallest absolute Gasteiger partial charge is 0.224 e. The Morgan fingerprint density at radius 3 is 2.67 bits per heavy atom. The molecule has 2 rings (SSSR count). The lowest BCUT2D eigenvalue weighted by Crippen LogP contribution is -2.09. The van der Waals surface area contributed by atoms with Crippen LogP contribution in [0.25, 0.3) is 5.65 Å². The summed E-state index contributed by atoms with van der Waals surface area (Å²) in [6.45, 7) is 1.62. The van der Waals surface area contributed by atoms with Crippen LogP contribution >= 0.6 is 11.6 Å². The molecule has 0 unspecified atom stereocenters. The van der Waals surface area contributed by atoms with Crippen LogP contribution < -0.4 is 0 Å². The molecule has 0 N–H and O–H groups in total. The SMILES string of the molecule is Cc1cnn2c(Cl)cc(C(F)(F)F)nc12. The molecule has 0 aliphatic rings. The summed E-state index contributed by atoms with van der Waals surface area (Å²) in [6, 6.07) is 0.751. The molecule has 7 heteroatoms. The van der Waals surface area contributed by atoms with E-state index in [4.69, 9.17) is 11.6 Å². The molecule has 0 saturated heterocycles. The van der Waals surface area contributed by atoms with Crippen LogP contribution in [0, 0.1) is 6.92 Å². The maximum atomic E-state index is 12.4. The molecular weight excluding hydrogens is 231 g/mol. The highest BCUT2D eigenvalue weighted by atomic mass is 35.5. The third-order valence-corrected chi connectivity index (χ3v) is 2.16. The number of aryl methyl sites for hydroxylation is 1. The number of hydrogen-bond donors (Lipinski definition) is 0. The van der Waals surface area contributed by atoms with Crippen molar-refractivity contribution in [2.45, 2.75) is 13.1 Å². The molecular formula is C8H5ClF3N3. The third kappa shape index (κ3) is 1.65. The Labute approximate surface area is 87.5 Å². The van der Waals surface area contributed by atoms with Gasteiger partial charge in [-0.05, 0) is 6.92 Å². The van der Waals surface area contributed by atoms with Gasteiger partial charge in [0, 0.05) is 11.6 Å². The van der Waals surface area contributed by atoms with E-state index in [2.05, 4.69) is 10.1 Å². The molecule has 80 valence electrons. The van der Waals surface area contributed by atoms with Crippen LogP contribution in [0.5, 0.6) is 0 Å². The Hall–Kier alpha value is -1.30. The summed E-state index contributed by atoms with van der Waals surface area (Å²) >= 11 is 5.64. The number of hydrogen-bond acceptors (Lipinski definition) is 2. The van der Waals surface area contributed by atoms with Gasteiger partial charge in [-0.2, -0.15) is 18.3 Å². The summed E-state index contributed by atoms with van der Waals surface area (Å²) in [5.74, 6) is 0. The van der Waals surface area contributed by atoms with Gasteiger partial charge in [0.15, 0.2) is 5.65 Å². The predicted octanol–water partition coefficient (Wildman–Crippen LogP) is 2.71. The summed E-state index contributed by atoms with van der Waals surface area (Å²) in [6.07, 6.45) is -3.09. The molecule has 0 atom stereocenters. The van der Waals surface area contributed by atoms with Crippen molar-refractivity contribution in [2.24, 2.45) is 0 Å². The zero-order valence-corrected chi connectivity index (χ0v) is 8.26. The average molecular weight is 236 g/mol. The van der Waals surface area contributed by atoms with Gasteiger partial charge < -0.3 is 0 Å². The highest BCUT2D eigenvalue weighted by Gasteiger charge is 2.33. The summed E-state index contributed by atoms with van der Waals surface area (Å²) in [7, 11) is 0. The van der Waals surface area contributed by atoms with Gasteiger partial charge in [-0.1, -0.05) is 11.6 Å². The molecule has 2 aromatic rings. The summed E-state index contributed by atoms with van der Waals surface area (Å²) in [5.41, 5.74) is -0.346. The van der Waals surface area contributed by atoms with E-state index < -0.39 is 11.9 Å². The zero-order valence-electron chi connectivity index (χ0n) is 7.51. The molecule has 0 amide bonds. The first-order valence-corrected chi connectivity index (χ1v) is 4.35. The number of halogens is 4. The fourth-order valence-electron chi connectivity index (χ4n) is 1.18. The normalized spacial score (nSPS) is 12.3. The lowest BCUT2D eigenvalue weighted by molar-refractivity contribution is -0.141. The van der Waals surface area contributed by atoms with Gasteiger partial charge in [-0.25, -0.2) is 9.50 Å². The van der Waals surface area contributed by atoms with Crippen LogP contribution in [-0.4, -0.2) is 14.6 Å². The largest absolute Gasteiger partial charge is 0.433 e. The Balaban J connectivity index is 2.76. The lowest BCUT2D eigenvalue weighted by atomic mass is 10.3. The van der Waals surface area contributed by atoms with Crippen molar-refractivity contribution in [1.82, 2.24) is 14.6 Å². The van der Waals surface area contributed by atoms with E-state index in [9.17, 15) is 13.2 Å². The second-order valence-corrected chi connectivity index (χ2v) is 3.41. The first-order chi connectivity index (χ1) is 6.89. The average Bonchev–Trinajstić information content (AvgIpc) is 2.47. The Bertz CT molecular complexity index is 518. The van der Waals surface area contributed by atoms with E-state index >= 15 is 0 Å². The van der Waals surface area contributed by atoms with Crippen molar-refractivity contribution >= 4 is 17.2 Å². The first-order valence-electron chi connectivity index (χ1n) is 3.97. The molecule has 2 heterocycles. The van der Waals surface area contributed by atoms with Gasteiger partial charge in [-0.15, -0.1) is 0 Å². The van der Waals surface area contributed by atoms with Gasteiger partial charge in [0.25, 0.3) is 0 Å². The minimum absolute atomic E-state index is 0.111.